The van der Waals surface area contributed by atoms with Crippen molar-refractivity contribution in [2.45, 2.75) is 13.5 Å². The summed E-state index contributed by atoms with van der Waals surface area (Å²) in [6.07, 6.45) is 0. The van der Waals surface area contributed by atoms with Gasteiger partial charge in [0.1, 0.15) is 11.6 Å². The number of hydrogen-bond donors (Lipinski definition) is 1. The Morgan fingerprint density at radius 2 is 2.10 bits per heavy atom. The fourth-order valence-electron chi connectivity index (χ4n) is 1.84. The van der Waals surface area contributed by atoms with Gasteiger partial charge in [0, 0.05) is 18.7 Å². The van der Waals surface area contributed by atoms with E-state index in [0.717, 1.165) is 30.3 Å². The summed E-state index contributed by atoms with van der Waals surface area (Å²) in [5.74, 6) is -0.265. The maximum atomic E-state index is 13.2. The first kappa shape index (κ1) is 14.9. The van der Waals surface area contributed by atoms with E-state index in [-0.39, 0.29) is 11.4 Å². The van der Waals surface area contributed by atoms with Gasteiger partial charge in [-0.1, -0.05) is 19.1 Å². The second-order valence-electron chi connectivity index (χ2n) is 4.40. The number of nitrogens with zero attached hydrogens (tertiary/aromatic N) is 1. The number of nitro groups is 1. The minimum absolute atomic E-state index is 0.111. The van der Waals surface area contributed by atoms with Gasteiger partial charge in [-0.05, 0) is 30.3 Å². The second-order valence-corrected chi connectivity index (χ2v) is 4.40. The maximum absolute atomic E-state index is 13.2. The molecule has 0 aliphatic carbocycles. The molecule has 0 aliphatic rings. The summed E-state index contributed by atoms with van der Waals surface area (Å²) >= 11 is 0. The van der Waals surface area contributed by atoms with Crippen LogP contribution in [0, 0.1) is 15.9 Å². The second kappa shape index (κ2) is 6.81. The molecule has 0 atom stereocenters. The smallest absolute Gasteiger partial charge is 0.311 e. The highest BCUT2D eigenvalue weighted by Crippen LogP contribution is 2.32. The van der Waals surface area contributed by atoms with E-state index in [2.05, 4.69) is 5.32 Å². The Morgan fingerprint density at radius 1 is 1.29 bits per heavy atom. The highest BCUT2D eigenvalue weighted by molar-refractivity contribution is 5.48. The van der Waals surface area contributed by atoms with Crippen molar-refractivity contribution in [1.82, 2.24) is 5.32 Å². The van der Waals surface area contributed by atoms with E-state index in [4.69, 9.17) is 4.74 Å². The van der Waals surface area contributed by atoms with Gasteiger partial charge in [-0.15, -0.1) is 0 Å². The first-order valence-electron chi connectivity index (χ1n) is 6.51. The molecular formula is C15H15FN2O3. The number of rotatable bonds is 6. The van der Waals surface area contributed by atoms with Crippen molar-refractivity contribution in [3.63, 3.8) is 0 Å². The zero-order chi connectivity index (χ0) is 15.2. The van der Waals surface area contributed by atoms with E-state index in [1.807, 2.05) is 13.0 Å². The van der Waals surface area contributed by atoms with Gasteiger partial charge in [0.15, 0.2) is 0 Å². The summed E-state index contributed by atoms with van der Waals surface area (Å²) in [5, 5.41) is 14.1. The van der Waals surface area contributed by atoms with Crippen LogP contribution in [0.2, 0.25) is 0 Å². The quantitative estimate of drug-likeness (QED) is 0.651. The monoisotopic (exact) mass is 290 g/mol. The van der Waals surface area contributed by atoms with E-state index in [0.29, 0.717) is 12.3 Å². The molecule has 6 heteroatoms. The standard InChI is InChI=1S/C15H15FN2O3/c1-2-17-10-11-4-3-5-13(8-11)21-15-9-12(16)6-7-14(15)18(19)20/h3-9,17H,2,10H2,1H3. The predicted octanol–water partition coefficient (Wildman–Crippen LogP) is 3.64. The summed E-state index contributed by atoms with van der Waals surface area (Å²) in [7, 11) is 0. The molecule has 110 valence electrons. The molecule has 0 spiro atoms. The Kier molecular flexibility index (Phi) is 4.84. The van der Waals surface area contributed by atoms with Crippen LogP contribution in [0.15, 0.2) is 42.5 Å². The number of halogens is 1. The van der Waals surface area contributed by atoms with Crippen molar-refractivity contribution >= 4 is 5.69 Å². The van der Waals surface area contributed by atoms with E-state index in [9.17, 15) is 14.5 Å². The van der Waals surface area contributed by atoms with Gasteiger partial charge in [-0.2, -0.15) is 0 Å². The number of nitro benzene ring substituents is 1. The van der Waals surface area contributed by atoms with Gasteiger partial charge >= 0.3 is 5.69 Å². The molecule has 0 unspecified atom stereocenters. The van der Waals surface area contributed by atoms with Crippen molar-refractivity contribution in [2.75, 3.05) is 6.54 Å². The van der Waals surface area contributed by atoms with Gasteiger partial charge in [-0.25, -0.2) is 4.39 Å². The lowest BCUT2D eigenvalue weighted by molar-refractivity contribution is -0.385. The molecule has 0 radical (unpaired) electrons. The van der Waals surface area contributed by atoms with Gasteiger partial charge < -0.3 is 10.1 Å². The molecule has 1 N–H and O–H groups in total. The van der Waals surface area contributed by atoms with Crippen molar-refractivity contribution in [3.8, 4) is 11.5 Å². The first-order valence-corrected chi connectivity index (χ1v) is 6.51. The summed E-state index contributed by atoms with van der Waals surface area (Å²) in [5.41, 5.74) is 0.710. The van der Waals surface area contributed by atoms with Gasteiger partial charge in [-0.3, -0.25) is 10.1 Å². The number of nitrogens with one attached hydrogen (secondary N) is 1. The molecule has 21 heavy (non-hydrogen) atoms. The molecule has 2 rings (SSSR count). The molecule has 0 saturated heterocycles. The maximum Gasteiger partial charge on any atom is 0.311 e. The zero-order valence-corrected chi connectivity index (χ0v) is 11.5. The van der Waals surface area contributed by atoms with Crippen molar-refractivity contribution in [3.05, 3.63) is 64.0 Å². The summed E-state index contributed by atoms with van der Waals surface area (Å²) in [6, 6.07) is 10.3. The molecule has 0 bridgehead atoms. The zero-order valence-electron chi connectivity index (χ0n) is 11.5. The SMILES string of the molecule is CCNCc1cccc(Oc2cc(F)ccc2[N+](=O)[O-])c1. The van der Waals surface area contributed by atoms with Crippen LogP contribution in [0.1, 0.15) is 12.5 Å². The van der Waals surface area contributed by atoms with Crippen molar-refractivity contribution in [2.24, 2.45) is 0 Å². The lowest BCUT2D eigenvalue weighted by atomic mass is 10.2. The minimum atomic E-state index is -0.600. The first-order chi connectivity index (χ1) is 10.1. The Hall–Kier alpha value is -2.47. The van der Waals surface area contributed by atoms with Crippen molar-refractivity contribution < 1.29 is 14.1 Å². The van der Waals surface area contributed by atoms with Crippen molar-refractivity contribution in [1.29, 1.82) is 0 Å². The van der Waals surface area contributed by atoms with Crippen LogP contribution < -0.4 is 10.1 Å². The molecule has 0 heterocycles. The van der Waals surface area contributed by atoms with Gasteiger partial charge in [0.05, 0.1) is 4.92 Å². The molecule has 2 aromatic rings. The number of benzene rings is 2. The molecule has 2 aromatic carbocycles. The van der Waals surface area contributed by atoms with Crippen LogP contribution >= 0.6 is 0 Å². The van der Waals surface area contributed by atoms with Crippen LogP contribution in [0.4, 0.5) is 10.1 Å². The Balaban J connectivity index is 2.25. The predicted molar refractivity (Wildman–Crippen MR) is 77.0 cm³/mol. The third kappa shape index (κ3) is 4.00. The molecule has 5 nitrogen and oxygen atoms in total. The van der Waals surface area contributed by atoms with Crippen LogP contribution in [0.5, 0.6) is 11.5 Å². The minimum Gasteiger partial charge on any atom is -0.450 e. The Bertz CT molecular complexity index is 647. The van der Waals surface area contributed by atoms with Crippen LogP contribution in [-0.4, -0.2) is 11.5 Å². The largest absolute Gasteiger partial charge is 0.450 e. The third-order valence-corrected chi connectivity index (χ3v) is 2.82. The average Bonchev–Trinajstić information content (AvgIpc) is 2.45. The number of hydrogen-bond acceptors (Lipinski definition) is 4. The molecule has 0 amide bonds. The number of ether oxygens (including phenoxy) is 1. The van der Waals surface area contributed by atoms with E-state index in [1.165, 1.54) is 0 Å². The van der Waals surface area contributed by atoms with Gasteiger partial charge in [0.25, 0.3) is 0 Å². The summed E-state index contributed by atoms with van der Waals surface area (Å²) < 4.78 is 18.7. The topological polar surface area (TPSA) is 64.4 Å². The van der Waals surface area contributed by atoms with E-state index < -0.39 is 10.7 Å². The van der Waals surface area contributed by atoms with Gasteiger partial charge in [0.2, 0.25) is 5.75 Å². The molecule has 0 saturated carbocycles. The highest BCUT2D eigenvalue weighted by Gasteiger charge is 2.16. The Morgan fingerprint density at radius 3 is 2.81 bits per heavy atom. The molecular weight excluding hydrogens is 275 g/mol. The normalized spacial score (nSPS) is 10.4. The molecule has 0 aliphatic heterocycles. The average molecular weight is 290 g/mol. The van der Waals surface area contributed by atoms with Crippen LogP contribution in [0.25, 0.3) is 0 Å². The molecule has 0 fully saturated rings. The van der Waals surface area contributed by atoms with E-state index >= 15 is 0 Å². The lowest BCUT2D eigenvalue weighted by Crippen LogP contribution is -2.11. The Labute approximate surface area is 121 Å². The third-order valence-electron chi connectivity index (χ3n) is 2.82. The molecule has 0 aromatic heterocycles. The summed E-state index contributed by atoms with van der Waals surface area (Å²) in [4.78, 5) is 10.3. The van der Waals surface area contributed by atoms with Crippen LogP contribution in [-0.2, 0) is 6.54 Å². The lowest BCUT2D eigenvalue weighted by Gasteiger charge is -2.08. The highest BCUT2D eigenvalue weighted by atomic mass is 19.1. The van der Waals surface area contributed by atoms with Crippen LogP contribution in [0.3, 0.4) is 0 Å². The fourth-order valence-corrected chi connectivity index (χ4v) is 1.84. The fraction of sp³-hybridized carbons (Fsp3) is 0.200. The van der Waals surface area contributed by atoms with E-state index in [1.54, 1.807) is 18.2 Å². The summed E-state index contributed by atoms with van der Waals surface area (Å²) in [6.45, 7) is 3.50.